The number of nitrogens with zero attached hydrogens (tertiary/aromatic N) is 2. The third-order valence-corrected chi connectivity index (χ3v) is 6.90. The number of aromatic nitrogens is 1. The molecule has 3 aromatic rings. The molecule has 4 nitrogen and oxygen atoms in total. The van der Waals surface area contributed by atoms with Crippen LogP contribution in [0.5, 0.6) is 11.5 Å². The lowest BCUT2D eigenvalue weighted by molar-refractivity contribution is 0.179. The van der Waals surface area contributed by atoms with Crippen LogP contribution in [0.25, 0.3) is 10.9 Å². The predicted molar refractivity (Wildman–Crippen MR) is 137 cm³/mol. The van der Waals surface area contributed by atoms with Crippen LogP contribution in [0.1, 0.15) is 51.0 Å². The molecule has 1 saturated carbocycles. The number of fused-ring (bicyclic) bond motifs is 1. The SMILES string of the molecule is CC1CC1.COc1cccc2c(C)cn(CCCN3CCCC(Oc4ccc(F)cc4)CC3)c12. The second-order valence-corrected chi connectivity index (χ2v) is 9.86. The first-order valence-corrected chi connectivity index (χ1v) is 12.8. The number of halogens is 1. The van der Waals surface area contributed by atoms with E-state index < -0.39 is 0 Å². The quantitative estimate of drug-likeness (QED) is 0.381. The molecule has 1 saturated heterocycles. The minimum Gasteiger partial charge on any atom is -0.495 e. The van der Waals surface area contributed by atoms with Gasteiger partial charge in [-0.15, -0.1) is 0 Å². The van der Waals surface area contributed by atoms with E-state index >= 15 is 0 Å². The molecule has 0 spiro atoms. The summed E-state index contributed by atoms with van der Waals surface area (Å²) in [6.07, 6.45) is 9.71. The maximum Gasteiger partial charge on any atom is 0.143 e. The smallest absolute Gasteiger partial charge is 0.143 e. The molecule has 184 valence electrons. The summed E-state index contributed by atoms with van der Waals surface area (Å²) in [6, 6.07) is 12.6. The van der Waals surface area contributed by atoms with Crippen molar-refractivity contribution < 1.29 is 13.9 Å². The Bertz CT molecular complexity index is 1040. The zero-order valence-electron chi connectivity index (χ0n) is 20.9. The van der Waals surface area contributed by atoms with E-state index in [1.54, 1.807) is 19.2 Å². The average molecular weight is 467 g/mol. The molecule has 2 heterocycles. The van der Waals surface area contributed by atoms with E-state index in [0.717, 1.165) is 69.3 Å². The molecule has 1 atom stereocenters. The van der Waals surface area contributed by atoms with Crippen molar-refractivity contribution in [2.24, 2.45) is 5.92 Å². The van der Waals surface area contributed by atoms with Crippen molar-refractivity contribution in [3.63, 3.8) is 0 Å². The molecule has 2 aliphatic rings. The molecule has 5 heteroatoms. The largest absolute Gasteiger partial charge is 0.495 e. The monoisotopic (exact) mass is 466 g/mol. The number of hydrogen-bond donors (Lipinski definition) is 0. The third kappa shape index (κ3) is 6.75. The van der Waals surface area contributed by atoms with Gasteiger partial charge in [-0.3, -0.25) is 0 Å². The fourth-order valence-corrected chi connectivity index (χ4v) is 4.65. The number of ether oxygens (including phenoxy) is 2. The van der Waals surface area contributed by atoms with E-state index in [1.165, 1.54) is 41.4 Å². The summed E-state index contributed by atoms with van der Waals surface area (Å²) < 4.78 is 27.1. The highest BCUT2D eigenvalue weighted by Gasteiger charge is 2.18. The Labute approximate surface area is 203 Å². The molecule has 34 heavy (non-hydrogen) atoms. The molecule has 1 unspecified atom stereocenters. The van der Waals surface area contributed by atoms with Crippen molar-refractivity contribution in [3.05, 3.63) is 60.0 Å². The van der Waals surface area contributed by atoms with E-state index in [1.807, 2.05) is 6.07 Å². The number of likely N-dealkylation sites (tertiary alicyclic amines) is 1. The van der Waals surface area contributed by atoms with Crippen LogP contribution in [0.4, 0.5) is 4.39 Å². The first-order valence-electron chi connectivity index (χ1n) is 12.8. The maximum atomic E-state index is 13.1. The molecule has 1 aromatic heterocycles. The van der Waals surface area contributed by atoms with Crippen molar-refractivity contribution in [1.82, 2.24) is 9.47 Å². The Balaban J connectivity index is 0.000000620. The number of para-hydroxylation sites is 1. The van der Waals surface area contributed by atoms with Crippen LogP contribution >= 0.6 is 0 Å². The summed E-state index contributed by atoms with van der Waals surface area (Å²) in [7, 11) is 1.74. The van der Waals surface area contributed by atoms with E-state index in [9.17, 15) is 4.39 Å². The zero-order valence-corrected chi connectivity index (χ0v) is 20.9. The molecule has 0 bridgehead atoms. The third-order valence-electron chi connectivity index (χ3n) is 6.90. The lowest BCUT2D eigenvalue weighted by atomic mass is 10.1. The van der Waals surface area contributed by atoms with E-state index in [2.05, 4.69) is 41.6 Å². The van der Waals surface area contributed by atoms with Gasteiger partial charge in [0.05, 0.1) is 18.7 Å². The Morgan fingerprint density at radius 1 is 0.971 bits per heavy atom. The van der Waals surface area contributed by atoms with Gasteiger partial charge in [-0.2, -0.15) is 0 Å². The standard InChI is InChI=1S/C25H31FN2O2.C4H8/c1-19-18-28(25-23(19)7-3-8-24(25)29-2)16-5-15-27-14-4-6-21(13-17-27)30-22-11-9-20(26)10-12-22;1-4-2-3-4/h3,7-12,18,21H,4-6,13-17H2,1-2H3;4H,2-3H2,1H3. The molecule has 2 fully saturated rings. The van der Waals surface area contributed by atoms with Crippen molar-refractivity contribution in [2.75, 3.05) is 26.7 Å². The van der Waals surface area contributed by atoms with Gasteiger partial charge in [-0.1, -0.05) is 31.9 Å². The number of hydrogen-bond acceptors (Lipinski definition) is 3. The van der Waals surface area contributed by atoms with Gasteiger partial charge < -0.3 is 18.9 Å². The van der Waals surface area contributed by atoms with Crippen LogP contribution in [0.2, 0.25) is 0 Å². The van der Waals surface area contributed by atoms with Crippen LogP contribution in [0.15, 0.2) is 48.7 Å². The molecular formula is C29H39FN2O2. The van der Waals surface area contributed by atoms with E-state index in [4.69, 9.17) is 9.47 Å². The van der Waals surface area contributed by atoms with Crippen molar-refractivity contribution >= 4 is 10.9 Å². The fourth-order valence-electron chi connectivity index (χ4n) is 4.65. The summed E-state index contributed by atoms with van der Waals surface area (Å²) in [5, 5.41) is 1.27. The van der Waals surface area contributed by atoms with Crippen LogP contribution in [-0.4, -0.2) is 42.3 Å². The van der Waals surface area contributed by atoms with Gasteiger partial charge in [-0.05, 0) is 87.5 Å². The number of aryl methyl sites for hydroxylation is 2. The maximum absolute atomic E-state index is 13.1. The summed E-state index contributed by atoms with van der Waals surface area (Å²) >= 11 is 0. The number of rotatable bonds is 7. The summed E-state index contributed by atoms with van der Waals surface area (Å²) in [4.78, 5) is 2.55. The van der Waals surface area contributed by atoms with Crippen molar-refractivity contribution in [3.8, 4) is 11.5 Å². The van der Waals surface area contributed by atoms with Gasteiger partial charge in [0.15, 0.2) is 0 Å². The van der Waals surface area contributed by atoms with Crippen LogP contribution in [-0.2, 0) is 6.54 Å². The molecular weight excluding hydrogens is 427 g/mol. The second kappa shape index (κ2) is 11.7. The average Bonchev–Trinajstić information content (AvgIpc) is 3.61. The molecule has 0 N–H and O–H groups in total. The minimum atomic E-state index is -0.224. The summed E-state index contributed by atoms with van der Waals surface area (Å²) in [5.74, 6) is 2.56. The van der Waals surface area contributed by atoms with Crippen molar-refractivity contribution in [1.29, 1.82) is 0 Å². The Hall–Kier alpha value is -2.53. The lowest BCUT2D eigenvalue weighted by Gasteiger charge is -2.21. The first kappa shape index (κ1) is 24.6. The zero-order chi connectivity index (χ0) is 23.9. The fraction of sp³-hybridized carbons (Fsp3) is 0.517. The second-order valence-electron chi connectivity index (χ2n) is 9.86. The van der Waals surface area contributed by atoms with Crippen LogP contribution < -0.4 is 9.47 Å². The molecule has 1 aliphatic carbocycles. The number of benzene rings is 2. The highest BCUT2D eigenvalue weighted by molar-refractivity contribution is 5.89. The Morgan fingerprint density at radius 2 is 1.74 bits per heavy atom. The van der Waals surface area contributed by atoms with Gasteiger partial charge in [0.2, 0.25) is 0 Å². The van der Waals surface area contributed by atoms with Crippen molar-refractivity contribution in [2.45, 2.75) is 65.0 Å². The Kier molecular flexibility index (Phi) is 8.49. The van der Waals surface area contributed by atoms with Gasteiger partial charge in [0.1, 0.15) is 17.3 Å². The number of methoxy groups -OCH3 is 1. The van der Waals surface area contributed by atoms with E-state index in [-0.39, 0.29) is 11.9 Å². The molecule has 1 aliphatic heterocycles. The predicted octanol–water partition coefficient (Wildman–Crippen LogP) is 6.84. The Morgan fingerprint density at radius 3 is 2.44 bits per heavy atom. The van der Waals surface area contributed by atoms with Crippen LogP contribution in [0, 0.1) is 18.7 Å². The van der Waals surface area contributed by atoms with Gasteiger partial charge in [0.25, 0.3) is 0 Å². The topological polar surface area (TPSA) is 26.6 Å². The molecule has 5 rings (SSSR count). The van der Waals surface area contributed by atoms with E-state index in [0.29, 0.717) is 0 Å². The van der Waals surface area contributed by atoms with Gasteiger partial charge in [-0.25, -0.2) is 4.39 Å². The molecule has 0 radical (unpaired) electrons. The normalized spacial score (nSPS) is 18.8. The first-order chi connectivity index (χ1) is 16.5. The lowest BCUT2D eigenvalue weighted by Crippen LogP contribution is -2.27. The molecule has 0 amide bonds. The van der Waals surface area contributed by atoms with Gasteiger partial charge in [0, 0.05) is 24.7 Å². The highest BCUT2D eigenvalue weighted by Crippen LogP contribution is 2.30. The summed E-state index contributed by atoms with van der Waals surface area (Å²) in [6.45, 7) is 8.65. The van der Waals surface area contributed by atoms with Gasteiger partial charge >= 0.3 is 0 Å². The minimum absolute atomic E-state index is 0.209. The van der Waals surface area contributed by atoms with Crippen LogP contribution in [0.3, 0.4) is 0 Å². The highest BCUT2D eigenvalue weighted by atomic mass is 19.1. The molecule has 2 aromatic carbocycles. The summed E-state index contributed by atoms with van der Waals surface area (Å²) in [5.41, 5.74) is 2.49.